The van der Waals surface area contributed by atoms with Crippen LogP contribution in [0.25, 0.3) is 0 Å². The summed E-state index contributed by atoms with van der Waals surface area (Å²) < 4.78 is 0. The van der Waals surface area contributed by atoms with Gasteiger partial charge in [0.15, 0.2) is 0 Å². The first kappa shape index (κ1) is 13.9. The normalized spacial score (nSPS) is 30.4. The van der Waals surface area contributed by atoms with Gasteiger partial charge in [-0.1, -0.05) is 32.6 Å². The molecule has 0 aromatic carbocycles. The Morgan fingerprint density at radius 3 is 2.39 bits per heavy atom. The molecule has 2 aliphatic rings. The topological polar surface area (TPSA) is 46.3 Å². The molecule has 1 heterocycles. The second-order valence-electron chi connectivity index (χ2n) is 6.33. The van der Waals surface area contributed by atoms with E-state index in [2.05, 4.69) is 6.92 Å². The molecule has 3 nitrogen and oxygen atoms in total. The minimum absolute atomic E-state index is 0.0847. The number of nitrogens with two attached hydrogens (primary N) is 1. The average Bonchev–Trinajstić information content (AvgIpc) is 2.91. The van der Waals surface area contributed by atoms with Crippen LogP contribution in [0.1, 0.15) is 51.9 Å². The third-order valence-electron chi connectivity index (χ3n) is 4.80. The molecule has 0 radical (unpaired) electrons. The zero-order chi connectivity index (χ0) is 13.0. The molecule has 0 aromatic heterocycles. The van der Waals surface area contributed by atoms with Crippen LogP contribution in [0.2, 0.25) is 0 Å². The number of nitrogens with zero attached hydrogens (tertiary/aromatic N) is 1. The predicted molar refractivity (Wildman–Crippen MR) is 74.1 cm³/mol. The van der Waals surface area contributed by atoms with Gasteiger partial charge in [0.25, 0.3) is 0 Å². The molecule has 0 aromatic rings. The Balaban J connectivity index is 1.82. The van der Waals surface area contributed by atoms with Crippen molar-refractivity contribution in [1.82, 2.24) is 4.90 Å². The van der Waals surface area contributed by atoms with E-state index in [0.29, 0.717) is 12.5 Å². The van der Waals surface area contributed by atoms with E-state index in [0.717, 1.165) is 31.3 Å². The number of carbonyl (C=O) groups is 1. The van der Waals surface area contributed by atoms with E-state index in [1.165, 1.54) is 38.5 Å². The lowest BCUT2D eigenvalue weighted by Gasteiger charge is -2.30. The molecule has 104 valence electrons. The molecule has 2 fully saturated rings. The van der Waals surface area contributed by atoms with E-state index < -0.39 is 0 Å². The number of likely N-dealkylation sites (tertiary alicyclic amines) is 1. The van der Waals surface area contributed by atoms with Gasteiger partial charge in [0.2, 0.25) is 5.91 Å². The number of carbonyl (C=O) groups excluding carboxylic acids is 1. The summed E-state index contributed by atoms with van der Waals surface area (Å²) in [6, 6.07) is 0. The largest absolute Gasteiger partial charge is 0.342 e. The fourth-order valence-electron chi connectivity index (χ4n) is 3.46. The Bertz CT molecular complexity index is 266. The fraction of sp³-hybridized carbons (Fsp3) is 0.933. The van der Waals surface area contributed by atoms with Gasteiger partial charge < -0.3 is 10.6 Å². The molecule has 1 saturated heterocycles. The van der Waals surface area contributed by atoms with E-state index in [4.69, 9.17) is 5.73 Å². The van der Waals surface area contributed by atoms with E-state index in [9.17, 15) is 4.79 Å². The van der Waals surface area contributed by atoms with Crippen LogP contribution in [0.3, 0.4) is 0 Å². The van der Waals surface area contributed by atoms with Gasteiger partial charge in [-0.05, 0) is 31.1 Å². The Morgan fingerprint density at radius 2 is 1.83 bits per heavy atom. The van der Waals surface area contributed by atoms with Crippen molar-refractivity contribution in [3.8, 4) is 0 Å². The molecular formula is C15H28N2O. The van der Waals surface area contributed by atoms with E-state index in [1.807, 2.05) is 4.90 Å². The number of hydrogen-bond donors (Lipinski definition) is 1. The van der Waals surface area contributed by atoms with Gasteiger partial charge >= 0.3 is 0 Å². The summed E-state index contributed by atoms with van der Waals surface area (Å²) in [5.74, 6) is 2.03. The molecule has 18 heavy (non-hydrogen) atoms. The monoisotopic (exact) mass is 252 g/mol. The maximum Gasteiger partial charge on any atom is 0.226 e. The second kappa shape index (κ2) is 6.55. The van der Waals surface area contributed by atoms with Crippen LogP contribution in [-0.2, 0) is 4.79 Å². The summed E-state index contributed by atoms with van der Waals surface area (Å²) in [7, 11) is 0. The number of hydrogen-bond acceptors (Lipinski definition) is 2. The summed E-state index contributed by atoms with van der Waals surface area (Å²) >= 11 is 0. The lowest BCUT2D eigenvalue weighted by molar-refractivity contribution is -0.134. The molecule has 0 spiro atoms. The smallest absolute Gasteiger partial charge is 0.226 e. The van der Waals surface area contributed by atoms with Crippen LogP contribution in [0.5, 0.6) is 0 Å². The van der Waals surface area contributed by atoms with Crippen molar-refractivity contribution < 1.29 is 4.79 Å². The van der Waals surface area contributed by atoms with Crippen molar-refractivity contribution in [2.45, 2.75) is 51.9 Å². The molecule has 1 atom stereocenters. The number of amides is 1. The van der Waals surface area contributed by atoms with Crippen LogP contribution in [-0.4, -0.2) is 30.4 Å². The van der Waals surface area contributed by atoms with Gasteiger partial charge in [-0.3, -0.25) is 4.79 Å². The first-order chi connectivity index (χ1) is 8.70. The Kier molecular flexibility index (Phi) is 5.04. The van der Waals surface area contributed by atoms with Crippen molar-refractivity contribution >= 4 is 5.91 Å². The van der Waals surface area contributed by atoms with Crippen LogP contribution in [0.4, 0.5) is 0 Å². The highest BCUT2D eigenvalue weighted by atomic mass is 16.2. The van der Waals surface area contributed by atoms with Crippen LogP contribution in [0, 0.1) is 17.8 Å². The fourth-order valence-corrected chi connectivity index (χ4v) is 3.46. The lowest BCUT2D eigenvalue weighted by atomic mass is 9.78. The average molecular weight is 252 g/mol. The van der Waals surface area contributed by atoms with Crippen molar-refractivity contribution in [2.24, 2.45) is 23.5 Å². The minimum Gasteiger partial charge on any atom is -0.342 e. The van der Waals surface area contributed by atoms with E-state index >= 15 is 0 Å². The highest BCUT2D eigenvalue weighted by Gasteiger charge is 2.29. The third-order valence-corrected chi connectivity index (χ3v) is 4.80. The summed E-state index contributed by atoms with van der Waals surface area (Å²) in [6.45, 7) is 4.78. The summed E-state index contributed by atoms with van der Waals surface area (Å²) in [5, 5.41) is 0. The van der Waals surface area contributed by atoms with Gasteiger partial charge in [-0.25, -0.2) is 0 Å². The molecule has 1 unspecified atom stereocenters. The maximum absolute atomic E-state index is 12.4. The van der Waals surface area contributed by atoms with Gasteiger partial charge in [-0.15, -0.1) is 0 Å². The highest BCUT2D eigenvalue weighted by molar-refractivity contribution is 5.79. The van der Waals surface area contributed by atoms with Gasteiger partial charge in [0, 0.05) is 19.6 Å². The van der Waals surface area contributed by atoms with Crippen molar-refractivity contribution in [3.05, 3.63) is 0 Å². The molecular weight excluding hydrogens is 224 g/mol. The van der Waals surface area contributed by atoms with Crippen LogP contribution in [0.15, 0.2) is 0 Å². The maximum atomic E-state index is 12.4. The molecule has 1 aliphatic carbocycles. The standard InChI is InChI=1S/C15H28N2O/c1-12-4-6-13(7-5-12)10-14(11-16)15(18)17-8-2-3-9-17/h12-14H,2-11,16H2,1H3. The molecule has 1 saturated carbocycles. The molecule has 3 heteroatoms. The molecule has 2 N–H and O–H groups in total. The third kappa shape index (κ3) is 3.47. The van der Waals surface area contributed by atoms with Crippen LogP contribution < -0.4 is 5.73 Å². The minimum atomic E-state index is 0.0847. The van der Waals surface area contributed by atoms with Gasteiger partial charge in [0.1, 0.15) is 0 Å². The number of rotatable bonds is 4. The summed E-state index contributed by atoms with van der Waals surface area (Å²) in [4.78, 5) is 14.4. The highest BCUT2D eigenvalue weighted by Crippen LogP contribution is 2.32. The molecule has 1 aliphatic heterocycles. The SMILES string of the molecule is CC1CCC(CC(CN)C(=O)N2CCCC2)CC1. The van der Waals surface area contributed by atoms with E-state index in [1.54, 1.807) is 0 Å². The van der Waals surface area contributed by atoms with Crippen molar-refractivity contribution in [3.63, 3.8) is 0 Å². The van der Waals surface area contributed by atoms with Crippen molar-refractivity contribution in [2.75, 3.05) is 19.6 Å². The first-order valence-electron chi connectivity index (χ1n) is 7.69. The van der Waals surface area contributed by atoms with Crippen molar-refractivity contribution in [1.29, 1.82) is 0 Å². The molecule has 2 rings (SSSR count). The Labute approximate surface area is 111 Å². The zero-order valence-electron chi connectivity index (χ0n) is 11.7. The first-order valence-corrected chi connectivity index (χ1v) is 7.69. The zero-order valence-corrected chi connectivity index (χ0v) is 11.7. The quantitative estimate of drug-likeness (QED) is 0.835. The predicted octanol–water partition coefficient (Wildman–Crippen LogP) is 2.40. The summed E-state index contributed by atoms with van der Waals surface area (Å²) in [6.07, 6.45) is 8.63. The molecule has 0 bridgehead atoms. The Morgan fingerprint density at radius 1 is 1.22 bits per heavy atom. The van der Waals surface area contributed by atoms with Gasteiger partial charge in [-0.2, -0.15) is 0 Å². The summed E-state index contributed by atoms with van der Waals surface area (Å²) in [5.41, 5.74) is 5.84. The van der Waals surface area contributed by atoms with Crippen LogP contribution >= 0.6 is 0 Å². The van der Waals surface area contributed by atoms with E-state index in [-0.39, 0.29) is 5.92 Å². The lowest BCUT2D eigenvalue weighted by Crippen LogP contribution is -2.38. The Hall–Kier alpha value is -0.570. The molecule has 1 amide bonds. The van der Waals surface area contributed by atoms with Gasteiger partial charge in [0.05, 0.1) is 5.92 Å². The second-order valence-corrected chi connectivity index (χ2v) is 6.33.